The summed E-state index contributed by atoms with van der Waals surface area (Å²) in [4.78, 5) is 12.7. The third kappa shape index (κ3) is 4.72. The fourth-order valence-electron chi connectivity index (χ4n) is 4.00. The molecule has 0 spiro atoms. The monoisotopic (exact) mass is 298 g/mol. The van der Waals surface area contributed by atoms with Crippen LogP contribution in [0.3, 0.4) is 0 Å². The highest BCUT2D eigenvalue weighted by molar-refractivity contribution is 7.80. The second kappa shape index (κ2) is 6.00. The van der Waals surface area contributed by atoms with Gasteiger partial charge in [-0.1, -0.05) is 53.8 Å². The van der Waals surface area contributed by atoms with Crippen LogP contribution in [0.1, 0.15) is 60.8 Å². The number of rotatable bonds is 4. The normalized spacial score (nSPS) is 23.4. The molecule has 4 heteroatoms. The minimum absolute atomic E-state index is 0.00833. The van der Waals surface area contributed by atoms with Crippen molar-refractivity contribution in [2.75, 3.05) is 0 Å². The molecule has 0 aliphatic heterocycles. The Morgan fingerprint density at radius 3 is 2.00 bits per heavy atom. The van der Waals surface area contributed by atoms with E-state index in [1.165, 1.54) is 6.42 Å². The Labute approximate surface area is 129 Å². The summed E-state index contributed by atoms with van der Waals surface area (Å²) in [7, 11) is 0. The zero-order valence-corrected chi connectivity index (χ0v) is 14.6. The first kappa shape index (κ1) is 17.4. The molecule has 20 heavy (non-hydrogen) atoms. The van der Waals surface area contributed by atoms with Gasteiger partial charge in [0.1, 0.15) is 0 Å². The van der Waals surface area contributed by atoms with Crippen LogP contribution in [0.2, 0.25) is 0 Å². The Morgan fingerprint density at radius 1 is 1.20 bits per heavy atom. The van der Waals surface area contributed by atoms with Crippen LogP contribution in [0.4, 0.5) is 0 Å². The van der Waals surface area contributed by atoms with Gasteiger partial charge in [-0.2, -0.15) is 0 Å². The molecule has 0 heterocycles. The van der Waals surface area contributed by atoms with Gasteiger partial charge in [0.25, 0.3) is 0 Å². The molecule has 0 aromatic rings. The van der Waals surface area contributed by atoms with Crippen LogP contribution in [0.25, 0.3) is 0 Å². The van der Waals surface area contributed by atoms with Gasteiger partial charge in [-0.05, 0) is 36.0 Å². The summed E-state index contributed by atoms with van der Waals surface area (Å²) in [5, 5.41) is 3.19. The summed E-state index contributed by atoms with van der Waals surface area (Å²) in [6.45, 7) is 13.1. The summed E-state index contributed by atoms with van der Waals surface area (Å²) in [5.41, 5.74) is 6.24. The molecule has 116 valence electrons. The molecule has 1 atom stereocenters. The Morgan fingerprint density at radius 2 is 1.65 bits per heavy atom. The van der Waals surface area contributed by atoms with Gasteiger partial charge in [0, 0.05) is 6.04 Å². The van der Waals surface area contributed by atoms with E-state index in [0.717, 1.165) is 12.8 Å². The number of hydrogen-bond donors (Lipinski definition) is 2. The van der Waals surface area contributed by atoms with Crippen LogP contribution in [-0.2, 0) is 4.79 Å². The topological polar surface area (TPSA) is 55.1 Å². The van der Waals surface area contributed by atoms with Gasteiger partial charge in [0.2, 0.25) is 5.91 Å². The Hall–Kier alpha value is -0.640. The number of nitrogens with two attached hydrogens (primary N) is 1. The molecule has 0 radical (unpaired) electrons. The number of nitrogens with one attached hydrogen (secondary N) is 1. The fraction of sp³-hybridized carbons (Fsp3) is 0.875. The Kier molecular flexibility index (Phi) is 5.23. The summed E-state index contributed by atoms with van der Waals surface area (Å²) in [6, 6.07) is 0.219. The van der Waals surface area contributed by atoms with Crippen LogP contribution < -0.4 is 11.1 Å². The number of hydrogen-bond acceptors (Lipinski definition) is 2. The average molecular weight is 298 g/mol. The van der Waals surface area contributed by atoms with E-state index in [9.17, 15) is 4.79 Å². The van der Waals surface area contributed by atoms with Crippen molar-refractivity contribution in [2.45, 2.75) is 66.8 Å². The number of thiocarbonyl (C=S) groups is 1. The number of carbonyl (C=O) groups is 1. The molecule has 1 amide bonds. The average Bonchev–Trinajstić information content (AvgIpc) is 2.08. The van der Waals surface area contributed by atoms with Crippen molar-refractivity contribution in [1.29, 1.82) is 0 Å². The lowest BCUT2D eigenvalue weighted by atomic mass is 9.63. The third-order valence-electron chi connectivity index (χ3n) is 4.16. The molecule has 1 saturated carbocycles. The van der Waals surface area contributed by atoms with Gasteiger partial charge in [-0.3, -0.25) is 4.79 Å². The highest BCUT2D eigenvalue weighted by atomic mass is 32.1. The maximum Gasteiger partial charge on any atom is 0.230 e. The molecular weight excluding hydrogens is 268 g/mol. The van der Waals surface area contributed by atoms with E-state index in [0.29, 0.717) is 4.99 Å². The molecule has 1 fully saturated rings. The van der Waals surface area contributed by atoms with Crippen molar-refractivity contribution in [3.8, 4) is 0 Å². The summed E-state index contributed by atoms with van der Waals surface area (Å²) in [5.74, 6) is -0.235. The van der Waals surface area contributed by atoms with E-state index in [1.807, 2.05) is 13.8 Å². The minimum Gasteiger partial charge on any atom is -0.393 e. The quantitative estimate of drug-likeness (QED) is 0.783. The first-order valence-corrected chi connectivity index (χ1v) is 7.94. The minimum atomic E-state index is -0.363. The van der Waals surface area contributed by atoms with Crippen LogP contribution in [0.5, 0.6) is 0 Å². The maximum absolute atomic E-state index is 12.4. The largest absolute Gasteiger partial charge is 0.393 e. The van der Waals surface area contributed by atoms with Crippen molar-refractivity contribution in [1.82, 2.24) is 5.32 Å². The highest BCUT2D eigenvalue weighted by Crippen LogP contribution is 2.45. The number of amides is 1. The van der Waals surface area contributed by atoms with Gasteiger partial charge in [-0.25, -0.2) is 0 Å². The maximum atomic E-state index is 12.4. The van der Waals surface area contributed by atoms with Gasteiger partial charge in [0.05, 0.1) is 10.9 Å². The smallest absolute Gasteiger partial charge is 0.230 e. The molecule has 3 N–H and O–H groups in total. The first-order chi connectivity index (χ1) is 8.93. The molecule has 0 saturated heterocycles. The molecule has 1 aliphatic rings. The second-order valence-electron chi connectivity index (χ2n) is 8.24. The molecule has 3 nitrogen and oxygen atoms in total. The van der Waals surface area contributed by atoms with Gasteiger partial charge >= 0.3 is 0 Å². The lowest BCUT2D eigenvalue weighted by molar-refractivity contribution is -0.125. The third-order valence-corrected chi connectivity index (χ3v) is 4.41. The predicted molar refractivity (Wildman–Crippen MR) is 88.5 cm³/mol. The van der Waals surface area contributed by atoms with E-state index in [2.05, 4.69) is 33.0 Å². The molecule has 0 aromatic heterocycles. The Balaban J connectivity index is 2.77. The van der Waals surface area contributed by atoms with E-state index in [1.54, 1.807) is 0 Å². The summed E-state index contributed by atoms with van der Waals surface area (Å²) < 4.78 is 0. The second-order valence-corrected chi connectivity index (χ2v) is 8.71. The summed E-state index contributed by atoms with van der Waals surface area (Å²) in [6.07, 6.45) is 3.23. The van der Waals surface area contributed by atoms with Crippen LogP contribution in [0, 0.1) is 22.7 Å². The van der Waals surface area contributed by atoms with E-state index in [4.69, 9.17) is 18.0 Å². The number of carbonyl (C=O) groups excluding carboxylic acids is 1. The van der Waals surface area contributed by atoms with Crippen molar-refractivity contribution in [2.24, 2.45) is 28.4 Å². The molecule has 0 aromatic carbocycles. The fourth-order valence-corrected chi connectivity index (χ4v) is 4.38. The standard InChI is InChI=1S/C16H30N2OS/c1-10(2)12(13(17)20)14(19)18-11-7-15(3,4)9-16(5,6)8-11/h10-12H,7-9H2,1-6H3,(H2,17,20)(H,18,19). The lowest BCUT2D eigenvalue weighted by Crippen LogP contribution is -2.50. The summed E-state index contributed by atoms with van der Waals surface area (Å²) >= 11 is 5.04. The van der Waals surface area contributed by atoms with E-state index >= 15 is 0 Å². The lowest BCUT2D eigenvalue weighted by Gasteiger charge is -2.45. The van der Waals surface area contributed by atoms with Crippen molar-refractivity contribution in [3.05, 3.63) is 0 Å². The molecule has 1 rings (SSSR count). The SMILES string of the molecule is CC(C)C(C(=O)NC1CC(C)(C)CC(C)(C)C1)C(N)=S. The van der Waals surface area contributed by atoms with Crippen molar-refractivity contribution in [3.63, 3.8) is 0 Å². The molecule has 1 aliphatic carbocycles. The molecule has 1 unspecified atom stereocenters. The first-order valence-electron chi connectivity index (χ1n) is 7.53. The van der Waals surface area contributed by atoms with Gasteiger partial charge < -0.3 is 11.1 Å². The van der Waals surface area contributed by atoms with Crippen molar-refractivity contribution < 1.29 is 4.79 Å². The van der Waals surface area contributed by atoms with E-state index in [-0.39, 0.29) is 34.6 Å². The zero-order valence-electron chi connectivity index (χ0n) is 13.7. The highest BCUT2D eigenvalue weighted by Gasteiger charge is 2.39. The molecule has 0 bridgehead atoms. The van der Waals surface area contributed by atoms with Gasteiger partial charge in [-0.15, -0.1) is 0 Å². The van der Waals surface area contributed by atoms with E-state index < -0.39 is 0 Å². The molecular formula is C16H30N2OS. The van der Waals surface area contributed by atoms with Crippen LogP contribution in [0.15, 0.2) is 0 Å². The van der Waals surface area contributed by atoms with Crippen LogP contribution in [-0.4, -0.2) is 16.9 Å². The van der Waals surface area contributed by atoms with Gasteiger partial charge in [0.15, 0.2) is 0 Å². The Bertz CT molecular complexity index is 372. The predicted octanol–water partition coefficient (Wildman–Crippen LogP) is 3.27. The van der Waals surface area contributed by atoms with Crippen molar-refractivity contribution >= 4 is 23.1 Å². The zero-order chi connectivity index (χ0) is 15.7. The van der Waals surface area contributed by atoms with Crippen LogP contribution >= 0.6 is 12.2 Å².